The summed E-state index contributed by atoms with van der Waals surface area (Å²) in [5.74, 6) is -1.05. The second-order valence-corrected chi connectivity index (χ2v) is 5.14. The van der Waals surface area contributed by atoms with Gasteiger partial charge in [-0.15, -0.1) is 0 Å². The molecular weight excluding hydrogens is 312 g/mol. The van der Waals surface area contributed by atoms with Crippen molar-refractivity contribution < 1.29 is 14.7 Å². The van der Waals surface area contributed by atoms with E-state index in [-0.39, 0.29) is 17.6 Å². The maximum atomic E-state index is 11.7. The fourth-order valence-electron chi connectivity index (χ4n) is 1.66. The molecule has 3 N–H and O–H groups in total. The van der Waals surface area contributed by atoms with Crippen LogP contribution in [0.5, 0.6) is 0 Å². The van der Waals surface area contributed by atoms with Crippen molar-refractivity contribution in [2.24, 2.45) is 0 Å². The van der Waals surface area contributed by atoms with Crippen molar-refractivity contribution in [1.82, 2.24) is 5.32 Å². The highest BCUT2D eigenvalue weighted by Crippen LogP contribution is 2.21. The topological polar surface area (TPSA) is 78.4 Å². The van der Waals surface area contributed by atoms with Gasteiger partial charge in [0.1, 0.15) is 0 Å². The summed E-state index contributed by atoms with van der Waals surface area (Å²) in [4.78, 5) is 22.6. The Bertz CT molecular complexity index is 477. The van der Waals surface area contributed by atoms with E-state index in [1.54, 1.807) is 12.1 Å². The fourth-order valence-corrected chi connectivity index (χ4v) is 2.08. The summed E-state index contributed by atoms with van der Waals surface area (Å²) in [5.41, 5.74) is 0.557. The molecule has 1 atom stereocenters. The lowest BCUT2D eigenvalue weighted by Crippen LogP contribution is -2.35. The van der Waals surface area contributed by atoms with Gasteiger partial charge < -0.3 is 15.7 Å². The lowest BCUT2D eigenvalue weighted by atomic mass is 10.2. The molecular formula is C13H17BrN2O3. The summed E-state index contributed by atoms with van der Waals surface area (Å²) in [7, 11) is 0. The molecule has 0 saturated carbocycles. The normalized spacial score (nSPS) is 11.7. The van der Waals surface area contributed by atoms with Crippen LogP contribution in [0.2, 0.25) is 0 Å². The van der Waals surface area contributed by atoms with Crippen LogP contribution in [0.15, 0.2) is 22.7 Å². The van der Waals surface area contributed by atoms with Crippen molar-refractivity contribution in [3.8, 4) is 0 Å². The molecule has 0 aliphatic rings. The van der Waals surface area contributed by atoms with Gasteiger partial charge in [0.15, 0.2) is 0 Å². The summed E-state index contributed by atoms with van der Waals surface area (Å²) >= 11 is 3.15. The van der Waals surface area contributed by atoms with E-state index in [1.165, 1.54) is 6.07 Å². The van der Waals surface area contributed by atoms with Crippen LogP contribution >= 0.6 is 15.9 Å². The third-order valence-electron chi connectivity index (χ3n) is 2.55. The summed E-state index contributed by atoms with van der Waals surface area (Å²) in [5, 5.41) is 14.4. The molecule has 0 bridgehead atoms. The second kappa shape index (κ2) is 7.13. The van der Waals surface area contributed by atoms with Crippen LogP contribution in [0.25, 0.3) is 0 Å². The minimum Gasteiger partial charge on any atom is -0.478 e. The Morgan fingerprint density at radius 2 is 2.11 bits per heavy atom. The number of aromatic carboxylic acids is 1. The van der Waals surface area contributed by atoms with Crippen molar-refractivity contribution in [1.29, 1.82) is 0 Å². The number of benzene rings is 1. The summed E-state index contributed by atoms with van der Waals surface area (Å²) < 4.78 is 0.477. The molecule has 6 heteroatoms. The molecule has 1 aromatic rings. The Hall–Kier alpha value is -1.56. The number of carboxylic acids is 1. The van der Waals surface area contributed by atoms with E-state index in [2.05, 4.69) is 26.6 Å². The molecule has 5 nitrogen and oxygen atoms in total. The highest BCUT2D eigenvalue weighted by Gasteiger charge is 2.11. The van der Waals surface area contributed by atoms with Crippen LogP contribution in [0.1, 0.15) is 37.0 Å². The smallest absolute Gasteiger partial charge is 0.336 e. The second-order valence-electron chi connectivity index (χ2n) is 4.29. The highest BCUT2D eigenvalue weighted by atomic mass is 79.9. The van der Waals surface area contributed by atoms with Gasteiger partial charge in [0, 0.05) is 16.2 Å². The Kier molecular flexibility index (Phi) is 5.82. The third-order valence-corrected chi connectivity index (χ3v) is 3.25. The van der Waals surface area contributed by atoms with E-state index in [1.807, 2.05) is 13.8 Å². The zero-order chi connectivity index (χ0) is 14.4. The number of rotatable bonds is 5. The van der Waals surface area contributed by atoms with Gasteiger partial charge in [0.25, 0.3) is 0 Å². The molecule has 0 spiro atoms. The van der Waals surface area contributed by atoms with E-state index in [0.717, 1.165) is 12.8 Å². The van der Waals surface area contributed by atoms with Crippen molar-refractivity contribution >= 4 is 33.6 Å². The van der Waals surface area contributed by atoms with Crippen molar-refractivity contribution in [3.63, 3.8) is 0 Å². The lowest BCUT2D eigenvalue weighted by molar-refractivity contribution is 0.0696. The molecule has 0 radical (unpaired) electrons. The average molecular weight is 329 g/mol. The first-order chi connectivity index (χ1) is 8.93. The number of urea groups is 1. The van der Waals surface area contributed by atoms with Crippen LogP contribution in [-0.4, -0.2) is 23.1 Å². The number of carbonyl (C=O) groups excluding carboxylic acids is 1. The molecule has 0 fully saturated rings. The van der Waals surface area contributed by atoms with E-state index < -0.39 is 5.97 Å². The third kappa shape index (κ3) is 4.90. The standard InChI is InChI=1S/C13H17BrN2O3/c1-3-4-8(2)15-13(19)16-9-5-6-11(14)10(7-9)12(17)18/h5-8H,3-4H2,1-2H3,(H,17,18)(H2,15,16,19). The molecule has 2 amide bonds. The Labute approximate surface area is 120 Å². The summed E-state index contributed by atoms with van der Waals surface area (Å²) in [6.07, 6.45) is 1.89. The largest absolute Gasteiger partial charge is 0.478 e. The molecule has 1 aromatic carbocycles. The lowest BCUT2D eigenvalue weighted by Gasteiger charge is -2.14. The molecule has 0 aliphatic carbocycles. The SMILES string of the molecule is CCCC(C)NC(=O)Nc1ccc(Br)c(C(=O)O)c1. The van der Waals surface area contributed by atoms with Crippen molar-refractivity contribution in [2.75, 3.05) is 5.32 Å². The van der Waals surface area contributed by atoms with E-state index in [4.69, 9.17) is 5.11 Å². The first-order valence-electron chi connectivity index (χ1n) is 6.04. The Morgan fingerprint density at radius 1 is 1.42 bits per heavy atom. The quantitative estimate of drug-likeness (QED) is 0.774. The number of anilines is 1. The van der Waals surface area contributed by atoms with Gasteiger partial charge in [-0.25, -0.2) is 9.59 Å². The van der Waals surface area contributed by atoms with Gasteiger partial charge in [-0.2, -0.15) is 0 Å². The number of carbonyl (C=O) groups is 2. The molecule has 19 heavy (non-hydrogen) atoms. The van der Waals surface area contributed by atoms with Gasteiger partial charge in [0.05, 0.1) is 5.56 Å². The number of nitrogens with one attached hydrogen (secondary N) is 2. The molecule has 0 saturated heterocycles. The van der Waals surface area contributed by atoms with Crippen LogP contribution < -0.4 is 10.6 Å². The van der Waals surface area contributed by atoms with E-state index >= 15 is 0 Å². The molecule has 0 aliphatic heterocycles. The van der Waals surface area contributed by atoms with Gasteiger partial charge >= 0.3 is 12.0 Å². The highest BCUT2D eigenvalue weighted by molar-refractivity contribution is 9.10. The molecule has 1 unspecified atom stereocenters. The van der Waals surface area contributed by atoms with Gasteiger partial charge in [-0.3, -0.25) is 0 Å². The monoisotopic (exact) mass is 328 g/mol. The Balaban J connectivity index is 2.69. The maximum absolute atomic E-state index is 11.7. The minimum absolute atomic E-state index is 0.0828. The molecule has 1 rings (SSSR count). The minimum atomic E-state index is -1.05. The van der Waals surface area contributed by atoms with Gasteiger partial charge in [0.2, 0.25) is 0 Å². The fraction of sp³-hybridized carbons (Fsp3) is 0.385. The van der Waals surface area contributed by atoms with Gasteiger partial charge in [-0.1, -0.05) is 13.3 Å². The summed E-state index contributed by atoms with van der Waals surface area (Å²) in [6, 6.07) is 4.39. The van der Waals surface area contributed by atoms with Crippen LogP contribution in [0.3, 0.4) is 0 Å². The summed E-state index contributed by atoms with van der Waals surface area (Å²) in [6.45, 7) is 3.97. The van der Waals surface area contributed by atoms with Crippen molar-refractivity contribution in [2.45, 2.75) is 32.7 Å². The number of hydrogen-bond donors (Lipinski definition) is 3. The van der Waals surface area contributed by atoms with Crippen LogP contribution in [-0.2, 0) is 0 Å². The number of carboxylic acid groups (broad SMARTS) is 1. The average Bonchev–Trinajstić information content (AvgIpc) is 2.31. The number of halogens is 1. The first kappa shape index (κ1) is 15.5. The van der Waals surface area contributed by atoms with Crippen LogP contribution in [0.4, 0.5) is 10.5 Å². The zero-order valence-electron chi connectivity index (χ0n) is 10.9. The number of amides is 2. The number of hydrogen-bond acceptors (Lipinski definition) is 2. The first-order valence-corrected chi connectivity index (χ1v) is 6.83. The van der Waals surface area contributed by atoms with Gasteiger partial charge in [-0.05, 0) is 47.5 Å². The maximum Gasteiger partial charge on any atom is 0.336 e. The molecule has 0 heterocycles. The molecule has 0 aromatic heterocycles. The van der Waals surface area contributed by atoms with E-state index in [0.29, 0.717) is 10.2 Å². The zero-order valence-corrected chi connectivity index (χ0v) is 12.5. The molecule has 104 valence electrons. The van der Waals surface area contributed by atoms with Crippen molar-refractivity contribution in [3.05, 3.63) is 28.2 Å². The van der Waals surface area contributed by atoms with Crippen LogP contribution in [0, 0.1) is 0 Å². The predicted octanol–water partition coefficient (Wildman–Crippen LogP) is 3.46. The Morgan fingerprint density at radius 3 is 2.68 bits per heavy atom. The predicted molar refractivity (Wildman–Crippen MR) is 77.6 cm³/mol. The van der Waals surface area contributed by atoms with E-state index in [9.17, 15) is 9.59 Å².